The lowest BCUT2D eigenvalue weighted by atomic mass is 10.2. The van der Waals surface area contributed by atoms with Gasteiger partial charge in [0.2, 0.25) is 0 Å². The Labute approximate surface area is 189 Å². The molecule has 0 saturated heterocycles. The van der Waals surface area contributed by atoms with Crippen LogP contribution in [-0.2, 0) is 0 Å². The van der Waals surface area contributed by atoms with Crippen molar-refractivity contribution in [3.63, 3.8) is 0 Å². The molecule has 7 heteroatoms. The monoisotopic (exact) mass is 446 g/mol. The van der Waals surface area contributed by atoms with E-state index in [1.54, 1.807) is 67.8 Å². The fourth-order valence-electron chi connectivity index (χ4n) is 3.07. The van der Waals surface area contributed by atoms with Crippen molar-refractivity contribution in [2.24, 2.45) is 0 Å². The molecule has 0 radical (unpaired) electrons. The summed E-state index contributed by atoms with van der Waals surface area (Å²) < 4.78 is 10.9. The first-order chi connectivity index (χ1) is 15.5. The summed E-state index contributed by atoms with van der Waals surface area (Å²) >= 11 is 5.90. The fraction of sp³-hybridized carbons (Fsp3) is 0.0400. The molecule has 0 atom stereocenters. The number of hydrogen-bond donors (Lipinski definition) is 2. The number of halogens is 1. The molecule has 0 unspecified atom stereocenters. The maximum Gasteiger partial charge on any atom is 0.291 e. The topological polar surface area (TPSA) is 80.6 Å². The van der Waals surface area contributed by atoms with Gasteiger partial charge in [-0.15, -0.1) is 0 Å². The Morgan fingerprint density at radius 2 is 1.53 bits per heavy atom. The van der Waals surface area contributed by atoms with E-state index in [9.17, 15) is 9.59 Å². The van der Waals surface area contributed by atoms with Crippen molar-refractivity contribution in [2.75, 3.05) is 17.7 Å². The number of para-hydroxylation sites is 2. The van der Waals surface area contributed by atoms with Crippen molar-refractivity contribution in [1.29, 1.82) is 0 Å². The van der Waals surface area contributed by atoms with Crippen molar-refractivity contribution >= 4 is 34.8 Å². The lowest BCUT2D eigenvalue weighted by Crippen LogP contribution is -2.13. The van der Waals surface area contributed by atoms with Gasteiger partial charge in [-0.25, -0.2) is 0 Å². The Kier molecular flexibility index (Phi) is 6.24. The molecule has 2 N–H and O–H groups in total. The molecular weight excluding hydrogens is 428 g/mol. The lowest BCUT2D eigenvalue weighted by molar-refractivity contribution is 0.0996. The third-order valence-electron chi connectivity index (χ3n) is 4.72. The second kappa shape index (κ2) is 9.41. The fourth-order valence-corrected chi connectivity index (χ4v) is 3.20. The molecule has 0 saturated carbocycles. The number of methoxy groups -OCH3 is 1. The van der Waals surface area contributed by atoms with Gasteiger partial charge in [0.25, 0.3) is 11.8 Å². The number of furan rings is 1. The zero-order valence-electron chi connectivity index (χ0n) is 17.1. The van der Waals surface area contributed by atoms with E-state index < -0.39 is 5.91 Å². The molecule has 1 heterocycles. The zero-order chi connectivity index (χ0) is 22.5. The number of carbonyl (C=O) groups excluding carboxylic acids is 2. The van der Waals surface area contributed by atoms with Crippen LogP contribution in [0.25, 0.3) is 11.3 Å². The van der Waals surface area contributed by atoms with Gasteiger partial charge in [-0.3, -0.25) is 9.59 Å². The Balaban J connectivity index is 1.41. The van der Waals surface area contributed by atoms with Crippen molar-refractivity contribution < 1.29 is 18.7 Å². The molecule has 0 aliphatic heterocycles. The van der Waals surface area contributed by atoms with Crippen molar-refractivity contribution in [3.8, 4) is 17.1 Å². The number of nitrogens with one attached hydrogen (secondary N) is 2. The van der Waals surface area contributed by atoms with Gasteiger partial charge in [-0.05, 0) is 72.8 Å². The van der Waals surface area contributed by atoms with Crippen molar-refractivity contribution in [2.45, 2.75) is 0 Å². The molecule has 3 aromatic carbocycles. The summed E-state index contributed by atoms with van der Waals surface area (Å²) in [4.78, 5) is 25.0. The van der Waals surface area contributed by atoms with Gasteiger partial charge in [0, 0.05) is 21.8 Å². The SMILES string of the molecule is COc1ccccc1NC(=O)c1ccc(NC(=O)c2ccc(-c3ccc(Cl)cc3)o2)cc1. The maximum absolute atomic E-state index is 12.5. The highest BCUT2D eigenvalue weighted by Crippen LogP contribution is 2.25. The van der Waals surface area contributed by atoms with E-state index >= 15 is 0 Å². The molecule has 0 aliphatic rings. The first-order valence-electron chi connectivity index (χ1n) is 9.75. The molecule has 32 heavy (non-hydrogen) atoms. The maximum atomic E-state index is 12.5. The van der Waals surface area contributed by atoms with Gasteiger partial charge in [0.1, 0.15) is 11.5 Å². The highest BCUT2D eigenvalue weighted by atomic mass is 35.5. The average molecular weight is 447 g/mol. The zero-order valence-corrected chi connectivity index (χ0v) is 17.8. The highest BCUT2D eigenvalue weighted by Gasteiger charge is 2.14. The standard InChI is InChI=1S/C25H19ClN2O4/c1-31-22-5-3-2-4-20(22)28-24(29)17-8-12-19(13-9-17)27-25(30)23-15-14-21(32-23)16-6-10-18(26)11-7-16/h2-15H,1H3,(H,27,30)(H,28,29). The first kappa shape index (κ1) is 21.2. The van der Waals surface area contributed by atoms with Crippen LogP contribution < -0.4 is 15.4 Å². The summed E-state index contributed by atoms with van der Waals surface area (Å²) in [5, 5.41) is 6.20. The van der Waals surface area contributed by atoms with E-state index in [1.807, 2.05) is 24.3 Å². The predicted molar refractivity (Wildman–Crippen MR) is 124 cm³/mol. The molecule has 0 aliphatic carbocycles. The minimum absolute atomic E-state index is 0.174. The minimum atomic E-state index is -0.392. The summed E-state index contributed by atoms with van der Waals surface area (Å²) in [5.41, 5.74) is 2.37. The van der Waals surface area contributed by atoms with Gasteiger partial charge < -0.3 is 19.8 Å². The molecule has 0 bridgehead atoms. The summed E-state index contributed by atoms with van der Waals surface area (Å²) in [6, 6.07) is 24.2. The third-order valence-corrected chi connectivity index (χ3v) is 4.97. The number of carbonyl (C=O) groups is 2. The molecule has 0 fully saturated rings. The van der Waals surface area contributed by atoms with E-state index in [0.29, 0.717) is 33.5 Å². The molecule has 0 spiro atoms. The van der Waals surface area contributed by atoms with Gasteiger partial charge in [-0.2, -0.15) is 0 Å². The second-order valence-electron chi connectivity index (χ2n) is 6.86. The number of hydrogen-bond acceptors (Lipinski definition) is 4. The van der Waals surface area contributed by atoms with E-state index in [1.165, 1.54) is 0 Å². The normalized spacial score (nSPS) is 10.4. The largest absolute Gasteiger partial charge is 0.495 e. The summed E-state index contributed by atoms with van der Waals surface area (Å²) in [5.74, 6) is 0.631. The molecular formula is C25H19ClN2O4. The van der Waals surface area contributed by atoms with E-state index in [2.05, 4.69) is 10.6 Å². The van der Waals surface area contributed by atoms with E-state index in [4.69, 9.17) is 20.8 Å². The average Bonchev–Trinajstić information content (AvgIpc) is 3.31. The minimum Gasteiger partial charge on any atom is -0.495 e. The van der Waals surface area contributed by atoms with Gasteiger partial charge >= 0.3 is 0 Å². The summed E-state index contributed by atoms with van der Waals surface area (Å²) in [6.45, 7) is 0. The van der Waals surface area contributed by atoms with Gasteiger partial charge in [-0.1, -0.05) is 23.7 Å². The smallest absolute Gasteiger partial charge is 0.291 e. The van der Waals surface area contributed by atoms with Crippen LogP contribution in [0.1, 0.15) is 20.9 Å². The second-order valence-corrected chi connectivity index (χ2v) is 7.29. The third kappa shape index (κ3) is 4.82. The van der Waals surface area contributed by atoms with E-state index in [0.717, 1.165) is 5.56 Å². The molecule has 1 aromatic heterocycles. The molecule has 2 amide bonds. The van der Waals surface area contributed by atoms with Gasteiger partial charge in [0.05, 0.1) is 12.8 Å². The van der Waals surface area contributed by atoms with Crippen LogP contribution in [0.2, 0.25) is 5.02 Å². The Morgan fingerprint density at radius 3 is 2.25 bits per heavy atom. The highest BCUT2D eigenvalue weighted by molar-refractivity contribution is 6.30. The van der Waals surface area contributed by atoms with E-state index in [-0.39, 0.29) is 11.7 Å². The number of anilines is 2. The lowest BCUT2D eigenvalue weighted by Gasteiger charge is -2.10. The Hall–Kier alpha value is -4.03. The van der Waals surface area contributed by atoms with Crippen molar-refractivity contribution in [3.05, 3.63) is 101 Å². The first-order valence-corrected chi connectivity index (χ1v) is 10.1. The van der Waals surface area contributed by atoms with Crippen LogP contribution in [0.5, 0.6) is 5.75 Å². The summed E-state index contributed by atoms with van der Waals surface area (Å²) in [6.07, 6.45) is 0. The van der Waals surface area contributed by atoms with Crippen LogP contribution in [0.4, 0.5) is 11.4 Å². The van der Waals surface area contributed by atoms with Crippen LogP contribution in [-0.4, -0.2) is 18.9 Å². The van der Waals surface area contributed by atoms with Crippen LogP contribution in [0.15, 0.2) is 89.3 Å². The Bertz CT molecular complexity index is 1250. The molecule has 160 valence electrons. The van der Waals surface area contributed by atoms with Gasteiger partial charge in [0.15, 0.2) is 5.76 Å². The quantitative estimate of drug-likeness (QED) is 0.374. The van der Waals surface area contributed by atoms with Crippen LogP contribution in [0.3, 0.4) is 0 Å². The van der Waals surface area contributed by atoms with Crippen molar-refractivity contribution in [1.82, 2.24) is 0 Å². The van der Waals surface area contributed by atoms with Crippen LogP contribution in [0, 0.1) is 0 Å². The number of rotatable bonds is 6. The molecule has 4 rings (SSSR count). The number of ether oxygens (including phenoxy) is 1. The van der Waals surface area contributed by atoms with Crippen LogP contribution >= 0.6 is 11.6 Å². The summed E-state index contributed by atoms with van der Waals surface area (Å²) in [7, 11) is 1.54. The number of amides is 2. The molecule has 4 aromatic rings. The number of benzene rings is 3. The predicted octanol–water partition coefficient (Wildman–Crippen LogP) is 6.11. The molecule has 6 nitrogen and oxygen atoms in total. The Morgan fingerprint density at radius 1 is 0.812 bits per heavy atom.